The zero-order chi connectivity index (χ0) is 20.2. The van der Waals surface area contributed by atoms with Gasteiger partial charge < -0.3 is 4.74 Å². The van der Waals surface area contributed by atoms with Gasteiger partial charge in [-0.2, -0.15) is 0 Å². The molecule has 2 fully saturated rings. The first-order valence-electron chi connectivity index (χ1n) is 9.99. The largest absolute Gasteiger partial charge is 0.489 e. The summed E-state index contributed by atoms with van der Waals surface area (Å²) in [6.45, 7) is 4.56. The van der Waals surface area contributed by atoms with E-state index >= 15 is 0 Å². The van der Waals surface area contributed by atoms with Gasteiger partial charge in [0.1, 0.15) is 12.4 Å². The number of rotatable bonds is 7. The number of nitrogens with zero attached hydrogens (tertiary/aromatic N) is 3. The van der Waals surface area contributed by atoms with Crippen LogP contribution in [0.2, 0.25) is 0 Å². The van der Waals surface area contributed by atoms with E-state index in [-0.39, 0.29) is 11.2 Å². The van der Waals surface area contributed by atoms with Crippen LogP contribution < -0.4 is 9.46 Å². The normalized spacial score (nSPS) is 16.9. The highest BCUT2D eigenvalue weighted by atomic mass is 32.2. The maximum Gasteiger partial charge on any atom is 0.242 e. The van der Waals surface area contributed by atoms with Crippen molar-refractivity contribution < 1.29 is 13.2 Å². The van der Waals surface area contributed by atoms with E-state index in [4.69, 9.17) is 4.74 Å². The molecule has 2 saturated carbocycles. The minimum absolute atomic E-state index is 0.260. The van der Waals surface area contributed by atoms with Crippen molar-refractivity contribution in [2.75, 3.05) is 4.72 Å². The van der Waals surface area contributed by atoms with E-state index in [9.17, 15) is 8.42 Å². The number of nitrogens with one attached hydrogen (secondary N) is 1. The lowest BCUT2D eigenvalue weighted by molar-refractivity contribution is 0.304. The molecule has 1 aromatic carbocycles. The van der Waals surface area contributed by atoms with Crippen LogP contribution in [0.3, 0.4) is 0 Å². The Balaban J connectivity index is 1.45. The highest BCUT2D eigenvalue weighted by Gasteiger charge is 2.36. The summed E-state index contributed by atoms with van der Waals surface area (Å²) in [5.74, 6) is 1.59. The molecule has 3 aromatic rings. The average Bonchev–Trinajstić information content (AvgIpc) is 3.56. The zero-order valence-corrected chi connectivity index (χ0v) is 17.4. The fourth-order valence-electron chi connectivity index (χ4n) is 3.71. The number of pyridine rings is 1. The Hall–Kier alpha value is -2.61. The van der Waals surface area contributed by atoms with Gasteiger partial charge in [-0.25, -0.2) is 8.42 Å². The molecule has 5 rings (SSSR count). The summed E-state index contributed by atoms with van der Waals surface area (Å²) in [6, 6.07) is 8.14. The van der Waals surface area contributed by atoms with E-state index < -0.39 is 10.0 Å². The van der Waals surface area contributed by atoms with Gasteiger partial charge in [-0.1, -0.05) is 6.07 Å². The van der Waals surface area contributed by atoms with E-state index in [1.807, 2.05) is 24.4 Å². The predicted octanol–water partition coefficient (Wildman–Crippen LogP) is 3.71. The van der Waals surface area contributed by atoms with Crippen LogP contribution in [0.25, 0.3) is 5.65 Å². The van der Waals surface area contributed by atoms with Crippen LogP contribution in [-0.2, 0) is 16.6 Å². The molecular formula is C21H24N4O3S. The Kier molecular flexibility index (Phi) is 4.27. The summed E-state index contributed by atoms with van der Waals surface area (Å²) >= 11 is 0. The second-order valence-corrected chi connectivity index (χ2v) is 10.2. The summed E-state index contributed by atoms with van der Waals surface area (Å²) in [6.07, 6.45) is 5.65. The maximum atomic E-state index is 12.3. The number of anilines is 1. The quantitative estimate of drug-likeness (QED) is 0.639. The summed E-state index contributed by atoms with van der Waals surface area (Å²) in [5.41, 5.74) is 5.20. The monoisotopic (exact) mass is 412 g/mol. The Morgan fingerprint density at radius 1 is 1.07 bits per heavy atom. The molecule has 29 heavy (non-hydrogen) atoms. The smallest absolute Gasteiger partial charge is 0.242 e. The first kappa shape index (κ1) is 18.4. The molecule has 0 spiro atoms. The number of hydrogen-bond acceptors (Lipinski definition) is 5. The Bertz CT molecular complexity index is 1170. The molecule has 7 nitrogen and oxygen atoms in total. The fraction of sp³-hybridized carbons (Fsp3) is 0.429. The van der Waals surface area contributed by atoms with Crippen molar-refractivity contribution in [3.63, 3.8) is 0 Å². The number of benzene rings is 1. The first-order chi connectivity index (χ1) is 13.9. The predicted molar refractivity (Wildman–Crippen MR) is 111 cm³/mol. The van der Waals surface area contributed by atoms with Crippen LogP contribution in [0.1, 0.15) is 53.9 Å². The highest BCUT2D eigenvalue weighted by molar-refractivity contribution is 7.93. The van der Waals surface area contributed by atoms with Gasteiger partial charge >= 0.3 is 0 Å². The maximum absolute atomic E-state index is 12.3. The van der Waals surface area contributed by atoms with Crippen LogP contribution in [0.4, 0.5) is 5.95 Å². The number of aryl methyl sites for hydroxylation is 2. The van der Waals surface area contributed by atoms with Gasteiger partial charge in [0.05, 0.1) is 5.25 Å². The molecule has 1 N–H and O–H groups in total. The van der Waals surface area contributed by atoms with Crippen LogP contribution in [0.15, 0.2) is 30.5 Å². The van der Waals surface area contributed by atoms with Crippen LogP contribution in [0, 0.1) is 13.8 Å². The third-order valence-electron chi connectivity index (χ3n) is 5.47. The van der Waals surface area contributed by atoms with E-state index in [0.29, 0.717) is 31.0 Å². The number of sulfonamides is 1. The molecule has 0 aliphatic heterocycles. The van der Waals surface area contributed by atoms with Crippen molar-refractivity contribution in [3.05, 3.63) is 52.7 Å². The SMILES string of the molecule is Cc1cc(C)cc(OCc2cc3nnc(NS(=O)(=O)C4CC4)n3cc2C2CC2)c1. The molecule has 152 valence electrons. The standard InChI is InChI=1S/C21H24N4O3S/c1-13-7-14(2)9-17(8-13)28-12-16-10-20-22-23-21(24-29(26,27)18-5-6-18)25(20)11-19(16)15-3-4-15/h7-11,15,18H,3-6,12H2,1-2H3,(H,23,24). The lowest BCUT2D eigenvalue weighted by Crippen LogP contribution is -2.19. The molecule has 0 atom stereocenters. The van der Waals surface area contributed by atoms with Crippen LogP contribution >= 0.6 is 0 Å². The lowest BCUT2D eigenvalue weighted by atomic mass is 10.1. The van der Waals surface area contributed by atoms with E-state index in [1.54, 1.807) is 4.40 Å². The van der Waals surface area contributed by atoms with Gasteiger partial charge in [-0.3, -0.25) is 9.12 Å². The van der Waals surface area contributed by atoms with Crippen LogP contribution in [-0.4, -0.2) is 28.3 Å². The highest BCUT2D eigenvalue weighted by Crippen LogP contribution is 2.42. The van der Waals surface area contributed by atoms with Crippen molar-refractivity contribution in [1.82, 2.24) is 14.6 Å². The van der Waals surface area contributed by atoms with Gasteiger partial charge in [0.2, 0.25) is 16.0 Å². The average molecular weight is 413 g/mol. The van der Waals surface area contributed by atoms with Crippen molar-refractivity contribution in [2.45, 2.75) is 57.3 Å². The number of hydrogen-bond donors (Lipinski definition) is 1. The van der Waals surface area contributed by atoms with E-state index in [2.05, 4.69) is 34.8 Å². The Morgan fingerprint density at radius 2 is 1.79 bits per heavy atom. The molecule has 2 heterocycles. The fourth-order valence-corrected chi connectivity index (χ4v) is 5.03. The zero-order valence-electron chi connectivity index (χ0n) is 16.6. The van der Waals surface area contributed by atoms with Crippen molar-refractivity contribution in [3.8, 4) is 5.75 Å². The van der Waals surface area contributed by atoms with Gasteiger partial charge in [0.15, 0.2) is 5.65 Å². The van der Waals surface area contributed by atoms with Crippen molar-refractivity contribution in [2.24, 2.45) is 0 Å². The molecular weight excluding hydrogens is 388 g/mol. The molecule has 2 aliphatic carbocycles. The van der Waals surface area contributed by atoms with Gasteiger partial charge in [-0.15, -0.1) is 10.2 Å². The third kappa shape index (κ3) is 3.81. The molecule has 0 bridgehead atoms. The minimum atomic E-state index is -3.38. The van der Waals surface area contributed by atoms with Gasteiger partial charge in [0, 0.05) is 6.20 Å². The molecule has 0 radical (unpaired) electrons. The van der Waals surface area contributed by atoms with Gasteiger partial charge in [-0.05, 0) is 85.9 Å². The molecule has 0 unspecified atom stereocenters. The number of ether oxygens (including phenoxy) is 1. The molecule has 2 aliphatic rings. The lowest BCUT2D eigenvalue weighted by Gasteiger charge is -2.13. The second-order valence-electron chi connectivity index (χ2n) is 8.24. The number of aromatic nitrogens is 3. The summed E-state index contributed by atoms with van der Waals surface area (Å²) in [5, 5.41) is 7.95. The topological polar surface area (TPSA) is 85.6 Å². The molecule has 0 saturated heterocycles. The van der Waals surface area contributed by atoms with Crippen molar-refractivity contribution in [1.29, 1.82) is 0 Å². The van der Waals surface area contributed by atoms with E-state index in [1.165, 1.54) is 16.7 Å². The minimum Gasteiger partial charge on any atom is -0.489 e. The Labute approximate surface area is 170 Å². The summed E-state index contributed by atoms with van der Waals surface area (Å²) in [7, 11) is -3.38. The van der Waals surface area contributed by atoms with Crippen LogP contribution in [0.5, 0.6) is 5.75 Å². The van der Waals surface area contributed by atoms with E-state index in [0.717, 1.165) is 24.2 Å². The third-order valence-corrected chi connectivity index (χ3v) is 7.28. The Morgan fingerprint density at radius 3 is 2.45 bits per heavy atom. The molecule has 2 aromatic heterocycles. The first-order valence-corrected chi connectivity index (χ1v) is 11.5. The van der Waals surface area contributed by atoms with Crippen molar-refractivity contribution >= 4 is 21.6 Å². The summed E-state index contributed by atoms with van der Waals surface area (Å²) in [4.78, 5) is 0. The molecule has 0 amide bonds. The summed E-state index contributed by atoms with van der Waals surface area (Å²) < 4.78 is 35.0. The second kappa shape index (κ2) is 6.73. The molecule has 8 heteroatoms. The van der Waals surface area contributed by atoms with Gasteiger partial charge in [0.25, 0.3) is 0 Å². The number of fused-ring (bicyclic) bond motifs is 1.